The summed E-state index contributed by atoms with van der Waals surface area (Å²) in [5.74, 6) is 1.70. The third kappa shape index (κ3) is 3.04. The average Bonchev–Trinajstić information content (AvgIpc) is 2.80. The third-order valence-electron chi connectivity index (χ3n) is 3.36. The first-order chi connectivity index (χ1) is 8.99. The first-order valence-electron chi connectivity index (χ1n) is 6.82. The molecule has 0 spiro atoms. The molecule has 0 aliphatic heterocycles. The number of hydrogen-bond acceptors (Lipinski definition) is 4. The lowest BCUT2D eigenvalue weighted by atomic mass is 10.1. The molecule has 0 radical (unpaired) electrons. The molecule has 3 N–H and O–H groups in total. The van der Waals surface area contributed by atoms with E-state index in [0.717, 1.165) is 17.0 Å². The molecule has 2 aromatic heterocycles. The summed E-state index contributed by atoms with van der Waals surface area (Å²) in [6.45, 7) is 9.23. The van der Waals surface area contributed by atoms with Gasteiger partial charge >= 0.3 is 0 Å². The minimum Gasteiger partial charge on any atom is -0.367 e. The van der Waals surface area contributed by atoms with E-state index in [1.54, 1.807) is 6.20 Å². The van der Waals surface area contributed by atoms with Gasteiger partial charge in [0.15, 0.2) is 5.82 Å². The number of fused-ring (bicyclic) bond motifs is 1. The standard InChI is InChI=1S/C14H23N5/c1-9(2)11(15)8-17-14-13-7-12(10(3)4)18-19(13)6-5-16-14/h5-7,9-11H,8,15H2,1-4H3,(H,16,17). The van der Waals surface area contributed by atoms with Crippen LogP contribution < -0.4 is 11.1 Å². The molecule has 5 nitrogen and oxygen atoms in total. The van der Waals surface area contributed by atoms with Crippen LogP contribution >= 0.6 is 0 Å². The summed E-state index contributed by atoms with van der Waals surface area (Å²) in [6.07, 6.45) is 3.63. The Labute approximate surface area is 114 Å². The second-order valence-electron chi connectivity index (χ2n) is 5.62. The number of aromatic nitrogens is 3. The second kappa shape index (κ2) is 5.57. The molecule has 0 aromatic carbocycles. The molecule has 0 aliphatic rings. The highest BCUT2D eigenvalue weighted by Gasteiger charge is 2.11. The Kier molecular flexibility index (Phi) is 4.04. The van der Waals surface area contributed by atoms with Crippen molar-refractivity contribution < 1.29 is 0 Å². The van der Waals surface area contributed by atoms with Crippen molar-refractivity contribution in [2.75, 3.05) is 11.9 Å². The molecule has 0 aliphatic carbocycles. The number of nitrogens with zero attached hydrogens (tertiary/aromatic N) is 3. The molecule has 0 fully saturated rings. The maximum atomic E-state index is 6.05. The van der Waals surface area contributed by atoms with E-state index < -0.39 is 0 Å². The van der Waals surface area contributed by atoms with Crippen molar-refractivity contribution in [3.05, 3.63) is 24.2 Å². The highest BCUT2D eigenvalue weighted by atomic mass is 15.2. The van der Waals surface area contributed by atoms with Gasteiger partial charge in [0, 0.05) is 25.0 Å². The summed E-state index contributed by atoms with van der Waals surface area (Å²) in [5, 5.41) is 7.86. The Hall–Kier alpha value is -1.62. The normalized spacial score (nSPS) is 13.4. The monoisotopic (exact) mass is 261 g/mol. The Morgan fingerprint density at radius 1 is 1.32 bits per heavy atom. The van der Waals surface area contributed by atoms with Gasteiger partial charge in [-0.15, -0.1) is 0 Å². The largest absolute Gasteiger partial charge is 0.367 e. The van der Waals surface area contributed by atoms with Crippen LogP contribution in [0.25, 0.3) is 5.52 Å². The van der Waals surface area contributed by atoms with Crippen LogP contribution in [0, 0.1) is 5.92 Å². The molecule has 2 heterocycles. The molecule has 0 bridgehead atoms. The van der Waals surface area contributed by atoms with Crippen molar-refractivity contribution in [2.24, 2.45) is 11.7 Å². The minimum absolute atomic E-state index is 0.120. The predicted molar refractivity (Wildman–Crippen MR) is 78.4 cm³/mol. The van der Waals surface area contributed by atoms with Crippen molar-refractivity contribution in [3.8, 4) is 0 Å². The fraction of sp³-hybridized carbons (Fsp3) is 0.571. The molecule has 5 heteroatoms. The van der Waals surface area contributed by atoms with Gasteiger partial charge in [-0.2, -0.15) is 5.10 Å². The van der Waals surface area contributed by atoms with Crippen molar-refractivity contribution in [2.45, 2.75) is 39.7 Å². The van der Waals surface area contributed by atoms with Crippen LogP contribution in [0.2, 0.25) is 0 Å². The molecule has 104 valence electrons. The molecule has 2 rings (SSSR count). The van der Waals surface area contributed by atoms with Gasteiger partial charge in [0.05, 0.1) is 5.69 Å². The van der Waals surface area contributed by atoms with Crippen LogP contribution in [0.3, 0.4) is 0 Å². The number of hydrogen-bond donors (Lipinski definition) is 2. The zero-order chi connectivity index (χ0) is 14.0. The number of rotatable bonds is 5. The minimum atomic E-state index is 0.120. The number of nitrogens with two attached hydrogens (primary N) is 1. The molecule has 0 saturated heterocycles. The Bertz CT molecular complexity index is 544. The highest BCUT2D eigenvalue weighted by molar-refractivity contribution is 5.67. The van der Waals surface area contributed by atoms with E-state index in [2.05, 4.69) is 49.2 Å². The van der Waals surface area contributed by atoms with E-state index in [4.69, 9.17) is 5.73 Å². The van der Waals surface area contributed by atoms with Gasteiger partial charge < -0.3 is 11.1 Å². The van der Waals surface area contributed by atoms with Crippen LogP contribution in [0.4, 0.5) is 5.82 Å². The molecule has 19 heavy (non-hydrogen) atoms. The first kappa shape index (κ1) is 13.8. The zero-order valence-corrected chi connectivity index (χ0v) is 12.1. The van der Waals surface area contributed by atoms with Crippen LogP contribution in [0.15, 0.2) is 18.5 Å². The van der Waals surface area contributed by atoms with Gasteiger partial charge in [-0.3, -0.25) is 0 Å². The summed E-state index contributed by atoms with van der Waals surface area (Å²) < 4.78 is 1.87. The van der Waals surface area contributed by atoms with Crippen LogP contribution in [-0.4, -0.2) is 27.2 Å². The van der Waals surface area contributed by atoms with E-state index in [-0.39, 0.29) is 6.04 Å². The lowest BCUT2D eigenvalue weighted by molar-refractivity contribution is 0.511. The summed E-state index contributed by atoms with van der Waals surface area (Å²) >= 11 is 0. The predicted octanol–water partition coefficient (Wildman–Crippen LogP) is 2.25. The summed E-state index contributed by atoms with van der Waals surface area (Å²) in [4.78, 5) is 4.38. The van der Waals surface area contributed by atoms with E-state index >= 15 is 0 Å². The fourth-order valence-electron chi connectivity index (χ4n) is 1.81. The van der Waals surface area contributed by atoms with E-state index in [9.17, 15) is 0 Å². The first-order valence-corrected chi connectivity index (χ1v) is 6.82. The molecular formula is C14H23N5. The molecule has 1 atom stereocenters. The summed E-state index contributed by atoms with van der Waals surface area (Å²) in [6, 6.07) is 2.20. The van der Waals surface area contributed by atoms with Crippen molar-refractivity contribution in [3.63, 3.8) is 0 Å². The van der Waals surface area contributed by atoms with Gasteiger partial charge in [0.2, 0.25) is 0 Å². The van der Waals surface area contributed by atoms with E-state index in [0.29, 0.717) is 18.4 Å². The van der Waals surface area contributed by atoms with Gasteiger partial charge in [0.25, 0.3) is 0 Å². The van der Waals surface area contributed by atoms with Crippen molar-refractivity contribution in [1.29, 1.82) is 0 Å². The number of anilines is 1. The Balaban J connectivity index is 2.23. The maximum absolute atomic E-state index is 6.05. The van der Waals surface area contributed by atoms with Gasteiger partial charge in [-0.05, 0) is 17.9 Å². The van der Waals surface area contributed by atoms with Crippen LogP contribution in [-0.2, 0) is 0 Å². The fourth-order valence-corrected chi connectivity index (χ4v) is 1.81. The lowest BCUT2D eigenvalue weighted by Crippen LogP contribution is -2.34. The van der Waals surface area contributed by atoms with Gasteiger partial charge in [-0.25, -0.2) is 9.50 Å². The second-order valence-corrected chi connectivity index (χ2v) is 5.62. The van der Waals surface area contributed by atoms with Crippen molar-refractivity contribution >= 4 is 11.3 Å². The quantitative estimate of drug-likeness (QED) is 0.866. The van der Waals surface area contributed by atoms with Crippen LogP contribution in [0.1, 0.15) is 39.3 Å². The summed E-state index contributed by atoms with van der Waals surface area (Å²) in [5.41, 5.74) is 8.12. The molecule has 0 amide bonds. The third-order valence-corrected chi connectivity index (χ3v) is 3.36. The topological polar surface area (TPSA) is 68.2 Å². The molecule has 2 aromatic rings. The van der Waals surface area contributed by atoms with Crippen LogP contribution in [0.5, 0.6) is 0 Å². The summed E-state index contributed by atoms with van der Waals surface area (Å²) in [7, 11) is 0. The Morgan fingerprint density at radius 3 is 2.68 bits per heavy atom. The smallest absolute Gasteiger partial charge is 0.152 e. The molecule has 1 unspecified atom stereocenters. The molecular weight excluding hydrogens is 238 g/mol. The molecule has 0 saturated carbocycles. The Morgan fingerprint density at radius 2 is 2.05 bits per heavy atom. The lowest BCUT2D eigenvalue weighted by Gasteiger charge is -2.16. The average molecular weight is 261 g/mol. The maximum Gasteiger partial charge on any atom is 0.152 e. The highest BCUT2D eigenvalue weighted by Crippen LogP contribution is 2.19. The van der Waals surface area contributed by atoms with Gasteiger partial charge in [-0.1, -0.05) is 27.7 Å². The van der Waals surface area contributed by atoms with Crippen molar-refractivity contribution in [1.82, 2.24) is 14.6 Å². The van der Waals surface area contributed by atoms with Gasteiger partial charge in [0.1, 0.15) is 5.52 Å². The SMILES string of the molecule is CC(C)c1cc2c(NCC(N)C(C)C)nccn2n1. The zero-order valence-electron chi connectivity index (χ0n) is 12.1. The van der Waals surface area contributed by atoms with E-state index in [1.807, 2.05) is 10.7 Å². The van der Waals surface area contributed by atoms with E-state index in [1.165, 1.54) is 0 Å². The number of nitrogens with one attached hydrogen (secondary N) is 1.